The van der Waals surface area contributed by atoms with Crippen LogP contribution in [0.4, 0.5) is 14.6 Å². The average molecular weight is 250 g/mol. The number of aromatic nitrogens is 1. The summed E-state index contributed by atoms with van der Waals surface area (Å²) in [6, 6.07) is 6.31. The van der Waals surface area contributed by atoms with Gasteiger partial charge >= 0.3 is 0 Å². The van der Waals surface area contributed by atoms with Crippen LogP contribution in [0.1, 0.15) is 6.92 Å². The van der Waals surface area contributed by atoms with Gasteiger partial charge in [0.1, 0.15) is 29.0 Å². The van der Waals surface area contributed by atoms with Crippen LogP contribution in [-0.4, -0.2) is 11.5 Å². The molecule has 0 radical (unpaired) electrons. The van der Waals surface area contributed by atoms with Crippen molar-refractivity contribution in [2.24, 2.45) is 0 Å². The van der Waals surface area contributed by atoms with Crippen molar-refractivity contribution < 1.29 is 13.5 Å². The Bertz CT molecular complexity index is 526. The highest BCUT2D eigenvalue weighted by Crippen LogP contribution is 2.24. The number of pyridine rings is 1. The molecule has 0 spiro atoms. The van der Waals surface area contributed by atoms with E-state index in [4.69, 9.17) is 4.74 Å². The van der Waals surface area contributed by atoms with Gasteiger partial charge in [0, 0.05) is 37.0 Å². The maximum atomic E-state index is 13.0. The van der Waals surface area contributed by atoms with Crippen molar-refractivity contribution in [1.82, 2.24) is 4.98 Å². The predicted molar refractivity (Wildman–Crippen MR) is 64.8 cm³/mol. The molecule has 0 saturated carbocycles. The van der Waals surface area contributed by atoms with Crippen molar-refractivity contribution in [2.45, 2.75) is 6.92 Å². The van der Waals surface area contributed by atoms with E-state index in [1.165, 1.54) is 0 Å². The number of hydrogen-bond acceptors (Lipinski definition) is 3. The molecule has 0 atom stereocenters. The molecular formula is C13H12F2N2O. The lowest BCUT2D eigenvalue weighted by molar-refractivity contribution is 0.468. The Balaban J connectivity index is 2.20. The molecule has 3 nitrogen and oxygen atoms in total. The van der Waals surface area contributed by atoms with E-state index in [0.717, 1.165) is 24.7 Å². The van der Waals surface area contributed by atoms with Gasteiger partial charge in [-0.15, -0.1) is 0 Å². The van der Waals surface area contributed by atoms with Crippen LogP contribution in [0.15, 0.2) is 36.5 Å². The van der Waals surface area contributed by atoms with Gasteiger partial charge in [0.25, 0.3) is 0 Å². The van der Waals surface area contributed by atoms with Gasteiger partial charge in [-0.25, -0.2) is 13.8 Å². The molecule has 18 heavy (non-hydrogen) atoms. The number of anilines is 1. The largest absolute Gasteiger partial charge is 0.457 e. The molecule has 2 aromatic rings. The van der Waals surface area contributed by atoms with Crippen LogP contribution in [-0.2, 0) is 0 Å². The predicted octanol–water partition coefficient (Wildman–Crippen LogP) is 3.58. The molecule has 0 saturated heterocycles. The first kappa shape index (κ1) is 12.3. The van der Waals surface area contributed by atoms with Crippen molar-refractivity contribution in [3.8, 4) is 11.5 Å². The molecule has 0 aliphatic rings. The number of rotatable bonds is 4. The van der Waals surface area contributed by atoms with Gasteiger partial charge in [0.15, 0.2) is 0 Å². The van der Waals surface area contributed by atoms with Gasteiger partial charge in [0.2, 0.25) is 0 Å². The van der Waals surface area contributed by atoms with E-state index in [1.54, 1.807) is 18.3 Å². The Morgan fingerprint density at radius 1 is 1.11 bits per heavy atom. The molecule has 0 aliphatic heterocycles. The number of nitrogens with one attached hydrogen (secondary N) is 1. The molecule has 1 heterocycles. The third kappa shape index (κ3) is 3.16. The Labute approximate surface area is 103 Å². The Hall–Kier alpha value is -2.17. The molecule has 0 unspecified atom stereocenters. The molecule has 0 aliphatic carbocycles. The zero-order valence-corrected chi connectivity index (χ0v) is 9.78. The van der Waals surface area contributed by atoms with E-state index in [-0.39, 0.29) is 5.75 Å². The van der Waals surface area contributed by atoms with Gasteiger partial charge in [-0.2, -0.15) is 0 Å². The summed E-state index contributed by atoms with van der Waals surface area (Å²) in [7, 11) is 0. The molecule has 94 valence electrons. The number of nitrogens with zero attached hydrogens (tertiary/aromatic N) is 1. The fourth-order valence-electron chi connectivity index (χ4n) is 1.48. The highest BCUT2D eigenvalue weighted by atomic mass is 19.1. The maximum absolute atomic E-state index is 13.0. The summed E-state index contributed by atoms with van der Waals surface area (Å²) < 4.78 is 31.3. The van der Waals surface area contributed by atoms with E-state index < -0.39 is 11.6 Å². The number of hydrogen-bond donors (Lipinski definition) is 1. The molecule has 5 heteroatoms. The summed E-state index contributed by atoms with van der Waals surface area (Å²) >= 11 is 0. The lowest BCUT2D eigenvalue weighted by Crippen LogP contribution is -1.98. The van der Waals surface area contributed by atoms with Crippen LogP contribution < -0.4 is 10.1 Å². The normalized spacial score (nSPS) is 10.2. The van der Waals surface area contributed by atoms with Gasteiger partial charge < -0.3 is 10.1 Å². The maximum Gasteiger partial charge on any atom is 0.133 e. The second kappa shape index (κ2) is 5.44. The van der Waals surface area contributed by atoms with Crippen LogP contribution >= 0.6 is 0 Å². The summed E-state index contributed by atoms with van der Waals surface area (Å²) in [5, 5.41) is 3.02. The first-order valence-electron chi connectivity index (χ1n) is 5.51. The van der Waals surface area contributed by atoms with Gasteiger partial charge in [-0.05, 0) is 13.0 Å². The van der Waals surface area contributed by atoms with Gasteiger partial charge in [-0.1, -0.05) is 0 Å². The molecule has 0 bridgehead atoms. The third-order valence-electron chi connectivity index (χ3n) is 2.16. The first-order chi connectivity index (χ1) is 8.67. The highest BCUT2D eigenvalue weighted by molar-refractivity contribution is 5.42. The van der Waals surface area contributed by atoms with E-state index >= 15 is 0 Å². The average Bonchev–Trinajstić information content (AvgIpc) is 2.28. The molecule has 1 aromatic carbocycles. The molecule has 2 rings (SSSR count). The fraction of sp³-hybridized carbons (Fsp3) is 0.154. The second-order valence-corrected chi connectivity index (χ2v) is 3.61. The monoisotopic (exact) mass is 250 g/mol. The van der Waals surface area contributed by atoms with Crippen LogP contribution in [0, 0.1) is 11.6 Å². The molecular weight excluding hydrogens is 238 g/mol. The lowest BCUT2D eigenvalue weighted by Gasteiger charge is -2.08. The van der Waals surface area contributed by atoms with Crippen molar-refractivity contribution in [3.63, 3.8) is 0 Å². The number of benzene rings is 1. The van der Waals surface area contributed by atoms with Crippen molar-refractivity contribution >= 4 is 5.82 Å². The second-order valence-electron chi connectivity index (χ2n) is 3.61. The summed E-state index contributed by atoms with van der Waals surface area (Å²) in [6.45, 7) is 2.67. The summed E-state index contributed by atoms with van der Waals surface area (Å²) in [5.74, 6) is -0.129. The van der Waals surface area contributed by atoms with Crippen LogP contribution in [0.3, 0.4) is 0 Å². The summed E-state index contributed by atoms with van der Waals surface area (Å²) in [6.07, 6.45) is 1.56. The Morgan fingerprint density at radius 3 is 2.50 bits per heavy atom. The summed E-state index contributed by atoms with van der Waals surface area (Å²) in [4.78, 5) is 4.07. The third-order valence-corrected chi connectivity index (χ3v) is 2.16. The smallest absolute Gasteiger partial charge is 0.133 e. The zero-order valence-electron chi connectivity index (χ0n) is 9.78. The Morgan fingerprint density at radius 2 is 1.83 bits per heavy atom. The summed E-state index contributed by atoms with van der Waals surface area (Å²) in [5.41, 5.74) is 0. The lowest BCUT2D eigenvalue weighted by atomic mass is 10.3. The Kier molecular flexibility index (Phi) is 3.72. The van der Waals surface area contributed by atoms with Crippen molar-refractivity contribution in [1.29, 1.82) is 0 Å². The topological polar surface area (TPSA) is 34.1 Å². The van der Waals surface area contributed by atoms with E-state index in [9.17, 15) is 8.78 Å². The van der Waals surface area contributed by atoms with Gasteiger partial charge in [0.05, 0.1) is 0 Å². The molecule has 1 N–H and O–H groups in total. The minimum atomic E-state index is -0.675. The minimum Gasteiger partial charge on any atom is -0.457 e. The number of ether oxygens (including phenoxy) is 1. The van der Waals surface area contributed by atoms with E-state index in [1.807, 2.05) is 6.92 Å². The number of halogens is 2. The minimum absolute atomic E-state index is 0.112. The van der Waals surface area contributed by atoms with E-state index in [2.05, 4.69) is 10.3 Å². The fourth-order valence-corrected chi connectivity index (χ4v) is 1.48. The van der Waals surface area contributed by atoms with Crippen LogP contribution in [0.25, 0.3) is 0 Å². The standard InChI is InChI=1S/C13H12F2N2O/c1-2-16-13-8-11(3-4-17-13)18-12-6-9(14)5-10(15)7-12/h3-8H,2H2,1H3,(H,16,17). The molecule has 0 fully saturated rings. The van der Waals surface area contributed by atoms with Crippen molar-refractivity contribution in [2.75, 3.05) is 11.9 Å². The molecule has 0 amide bonds. The first-order valence-corrected chi connectivity index (χ1v) is 5.51. The molecule has 1 aromatic heterocycles. The highest BCUT2D eigenvalue weighted by Gasteiger charge is 2.04. The zero-order chi connectivity index (χ0) is 13.0. The van der Waals surface area contributed by atoms with Crippen LogP contribution in [0.2, 0.25) is 0 Å². The quantitative estimate of drug-likeness (QED) is 0.900. The van der Waals surface area contributed by atoms with Crippen molar-refractivity contribution in [3.05, 3.63) is 48.2 Å². The van der Waals surface area contributed by atoms with Crippen LogP contribution in [0.5, 0.6) is 11.5 Å². The van der Waals surface area contributed by atoms with Gasteiger partial charge in [-0.3, -0.25) is 0 Å². The van der Waals surface area contributed by atoms with E-state index in [0.29, 0.717) is 11.6 Å². The SMILES string of the molecule is CCNc1cc(Oc2cc(F)cc(F)c2)ccn1.